The van der Waals surface area contributed by atoms with Gasteiger partial charge in [0.15, 0.2) is 0 Å². The van der Waals surface area contributed by atoms with Crippen LogP contribution >= 0.6 is 11.6 Å². The number of anilines is 1. The van der Waals surface area contributed by atoms with Gasteiger partial charge < -0.3 is 15.4 Å². The van der Waals surface area contributed by atoms with Crippen LogP contribution in [0.4, 0.5) is 18.9 Å². The predicted octanol–water partition coefficient (Wildman–Crippen LogP) is 4.31. The summed E-state index contributed by atoms with van der Waals surface area (Å²) in [5.41, 5.74) is -3.18. The Morgan fingerprint density at radius 1 is 1.11 bits per heavy atom. The summed E-state index contributed by atoms with van der Waals surface area (Å²) in [6, 6.07) is 11.4. The molecule has 5 nitrogen and oxygen atoms in total. The fourth-order valence-corrected chi connectivity index (χ4v) is 2.61. The Morgan fingerprint density at radius 3 is 2.36 bits per heavy atom. The van der Waals surface area contributed by atoms with Gasteiger partial charge in [0.1, 0.15) is 0 Å². The highest BCUT2D eigenvalue weighted by Gasteiger charge is 2.63. The van der Waals surface area contributed by atoms with E-state index in [2.05, 4.69) is 10.1 Å². The molecule has 1 amide bonds. The minimum atomic E-state index is -5.21. The van der Waals surface area contributed by atoms with Crippen molar-refractivity contribution in [3.05, 3.63) is 64.7 Å². The molecule has 0 bridgehead atoms. The normalized spacial score (nSPS) is 13.4. The first-order valence-electron chi connectivity index (χ1n) is 8.26. The Morgan fingerprint density at radius 2 is 1.79 bits per heavy atom. The molecule has 150 valence electrons. The average Bonchev–Trinajstić information content (AvgIpc) is 2.62. The first-order valence-corrected chi connectivity index (χ1v) is 8.64. The van der Waals surface area contributed by atoms with E-state index in [0.29, 0.717) is 5.56 Å². The molecule has 0 heterocycles. The molecule has 0 radical (unpaired) electrons. The number of nitrogens with one attached hydrogen (secondary N) is 2. The summed E-state index contributed by atoms with van der Waals surface area (Å²) in [5.74, 6) is -2.82. The van der Waals surface area contributed by atoms with E-state index in [0.717, 1.165) is 0 Å². The van der Waals surface area contributed by atoms with Crippen LogP contribution in [-0.4, -0.2) is 30.3 Å². The van der Waals surface area contributed by atoms with Crippen LogP contribution in [0.3, 0.4) is 0 Å². The molecule has 0 aliphatic heterocycles. The van der Waals surface area contributed by atoms with E-state index in [4.69, 9.17) is 11.6 Å². The maximum Gasteiger partial charge on any atom is 0.441 e. The van der Waals surface area contributed by atoms with Crippen LogP contribution in [0.1, 0.15) is 22.8 Å². The van der Waals surface area contributed by atoms with E-state index in [-0.39, 0.29) is 22.9 Å². The van der Waals surface area contributed by atoms with Crippen molar-refractivity contribution >= 4 is 29.2 Å². The number of amides is 1. The van der Waals surface area contributed by atoms with Gasteiger partial charge in [0.05, 0.1) is 6.61 Å². The molecular weight excluding hydrogens is 397 g/mol. The molecule has 0 saturated carbocycles. The van der Waals surface area contributed by atoms with Crippen LogP contribution in [-0.2, 0) is 9.53 Å². The number of hydrogen-bond acceptors (Lipinski definition) is 4. The van der Waals surface area contributed by atoms with Crippen molar-refractivity contribution in [2.45, 2.75) is 25.7 Å². The summed E-state index contributed by atoms with van der Waals surface area (Å²) < 4.78 is 47.0. The molecule has 0 saturated heterocycles. The Labute approximate surface area is 164 Å². The third kappa shape index (κ3) is 4.56. The minimum Gasteiger partial charge on any atom is -0.463 e. The smallest absolute Gasteiger partial charge is 0.441 e. The van der Waals surface area contributed by atoms with Gasteiger partial charge in [-0.15, -0.1) is 0 Å². The summed E-state index contributed by atoms with van der Waals surface area (Å²) in [5, 5.41) is 4.06. The lowest BCUT2D eigenvalue weighted by molar-refractivity contribution is -0.204. The summed E-state index contributed by atoms with van der Waals surface area (Å²) in [6.07, 6.45) is -5.21. The summed E-state index contributed by atoms with van der Waals surface area (Å²) in [7, 11) is 0. The molecule has 2 aromatic rings. The average molecular weight is 415 g/mol. The summed E-state index contributed by atoms with van der Waals surface area (Å²) in [4.78, 5) is 24.9. The van der Waals surface area contributed by atoms with Gasteiger partial charge >= 0.3 is 17.8 Å². The standard InChI is InChI=1S/C19H18ClF3N2O3/c1-3-28-17(27)18(19(21,22)23,24-15-10-5-4-7-12(15)2)25-16(26)13-8-6-9-14(20)11-13/h4-11,24H,3H2,1-2H3,(H,25,26). The van der Waals surface area contributed by atoms with Gasteiger partial charge in [-0.05, 0) is 43.7 Å². The topological polar surface area (TPSA) is 67.4 Å². The minimum absolute atomic E-state index is 0.0132. The van der Waals surface area contributed by atoms with E-state index < -0.39 is 23.7 Å². The number of benzene rings is 2. The van der Waals surface area contributed by atoms with Crippen LogP contribution < -0.4 is 10.6 Å². The second-order valence-corrected chi connectivity index (χ2v) is 6.31. The Kier molecular flexibility index (Phi) is 6.56. The molecule has 1 atom stereocenters. The zero-order chi connectivity index (χ0) is 20.9. The van der Waals surface area contributed by atoms with E-state index in [1.807, 2.05) is 0 Å². The van der Waals surface area contributed by atoms with E-state index in [1.165, 1.54) is 43.3 Å². The molecule has 2 N–H and O–H groups in total. The van der Waals surface area contributed by atoms with Gasteiger partial charge in [0.25, 0.3) is 5.91 Å². The Balaban J connectivity index is 2.54. The highest BCUT2D eigenvalue weighted by molar-refractivity contribution is 6.31. The van der Waals surface area contributed by atoms with Gasteiger partial charge in [-0.2, -0.15) is 13.2 Å². The second-order valence-electron chi connectivity index (χ2n) is 5.87. The van der Waals surface area contributed by atoms with Gasteiger partial charge in [-0.1, -0.05) is 35.9 Å². The lowest BCUT2D eigenvalue weighted by Crippen LogP contribution is -2.69. The first-order chi connectivity index (χ1) is 13.1. The van der Waals surface area contributed by atoms with Crippen molar-refractivity contribution < 1.29 is 27.5 Å². The molecule has 0 spiro atoms. The van der Waals surface area contributed by atoms with E-state index >= 15 is 0 Å². The molecule has 1 unspecified atom stereocenters. The molecule has 28 heavy (non-hydrogen) atoms. The van der Waals surface area contributed by atoms with Gasteiger partial charge in [-0.25, -0.2) is 4.79 Å². The quantitative estimate of drug-likeness (QED) is 0.546. The van der Waals surface area contributed by atoms with Gasteiger partial charge in [0, 0.05) is 16.3 Å². The number of aryl methyl sites for hydroxylation is 1. The molecule has 0 aromatic heterocycles. The van der Waals surface area contributed by atoms with Crippen LogP contribution in [0, 0.1) is 6.92 Å². The third-order valence-electron chi connectivity index (χ3n) is 3.86. The largest absolute Gasteiger partial charge is 0.463 e. The number of ether oxygens (including phenoxy) is 1. The maximum atomic E-state index is 14.1. The molecule has 2 rings (SSSR count). The first kappa shape index (κ1) is 21.6. The molecule has 0 fully saturated rings. The SMILES string of the molecule is CCOC(=O)C(NC(=O)c1cccc(Cl)c1)(Nc1ccccc1C)C(F)(F)F. The summed E-state index contributed by atoms with van der Waals surface area (Å²) in [6.45, 7) is 2.62. The number of carbonyl (C=O) groups is 2. The monoisotopic (exact) mass is 414 g/mol. The van der Waals surface area contributed by atoms with Crippen LogP contribution in [0.25, 0.3) is 0 Å². The number of rotatable bonds is 6. The van der Waals surface area contributed by atoms with Gasteiger partial charge in [-0.3, -0.25) is 4.79 Å². The number of carbonyl (C=O) groups excluding carboxylic acids is 2. The van der Waals surface area contributed by atoms with E-state index in [1.54, 1.807) is 24.4 Å². The van der Waals surface area contributed by atoms with Crippen LogP contribution in [0.5, 0.6) is 0 Å². The number of hydrogen-bond donors (Lipinski definition) is 2. The lowest BCUT2D eigenvalue weighted by atomic mass is 10.1. The highest BCUT2D eigenvalue weighted by Crippen LogP contribution is 2.34. The molecule has 0 aliphatic rings. The number of esters is 1. The fourth-order valence-electron chi connectivity index (χ4n) is 2.42. The number of halogens is 4. The number of para-hydroxylation sites is 1. The maximum absolute atomic E-state index is 14.1. The van der Waals surface area contributed by atoms with Crippen molar-refractivity contribution in [3.8, 4) is 0 Å². The Hall–Kier alpha value is -2.74. The van der Waals surface area contributed by atoms with Crippen molar-refractivity contribution in [3.63, 3.8) is 0 Å². The number of alkyl halides is 3. The van der Waals surface area contributed by atoms with Gasteiger partial charge in [0.2, 0.25) is 0 Å². The summed E-state index contributed by atoms with van der Waals surface area (Å²) >= 11 is 5.80. The molecule has 0 aliphatic carbocycles. The highest BCUT2D eigenvalue weighted by atomic mass is 35.5. The second kappa shape index (κ2) is 8.52. The van der Waals surface area contributed by atoms with Crippen LogP contribution in [0.2, 0.25) is 5.02 Å². The Bertz CT molecular complexity index is 873. The third-order valence-corrected chi connectivity index (χ3v) is 4.10. The van der Waals surface area contributed by atoms with Crippen molar-refractivity contribution in [2.24, 2.45) is 0 Å². The van der Waals surface area contributed by atoms with Crippen LogP contribution in [0.15, 0.2) is 48.5 Å². The molecular formula is C19H18ClF3N2O3. The zero-order valence-corrected chi connectivity index (χ0v) is 15.8. The molecule has 2 aromatic carbocycles. The lowest BCUT2D eigenvalue weighted by Gasteiger charge is -2.35. The fraction of sp³-hybridized carbons (Fsp3) is 0.263. The molecule has 9 heteroatoms. The van der Waals surface area contributed by atoms with Crippen molar-refractivity contribution in [1.82, 2.24) is 5.32 Å². The van der Waals surface area contributed by atoms with Crippen molar-refractivity contribution in [1.29, 1.82) is 0 Å². The predicted molar refractivity (Wildman–Crippen MR) is 99.1 cm³/mol. The van der Waals surface area contributed by atoms with E-state index in [9.17, 15) is 22.8 Å². The zero-order valence-electron chi connectivity index (χ0n) is 15.1. The van der Waals surface area contributed by atoms with Crippen molar-refractivity contribution in [2.75, 3.05) is 11.9 Å².